The normalized spacial score (nSPS) is 26.1. The molecule has 2 heterocycles. The summed E-state index contributed by atoms with van der Waals surface area (Å²) in [4.78, 5) is 40.1. The van der Waals surface area contributed by atoms with Crippen LogP contribution in [-0.2, 0) is 37.5 Å². The minimum atomic E-state index is -4.50. The summed E-state index contributed by atoms with van der Waals surface area (Å²) in [7, 11) is -4.50. The van der Waals surface area contributed by atoms with Gasteiger partial charge in [-0.1, -0.05) is 23.5 Å². The third-order valence-electron chi connectivity index (χ3n) is 6.17. The second-order valence-electron chi connectivity index (χ2n) is 10.6. The molecule has 0 spiro atoms. The van der Waals surface area contributed by atoms with Gasteiger partial charge in [0.1, 0.15) is 23.6 Å². The number of ether oxygens (including phenoxy) is 2. The maximum absolute atomic E-state index is 15.4. The second kappa shape index (κ2) is 15.5. The first kappa shape index (κ1) is 36.7. The Morgan fingerprint density at radius 2 is 2.09 bits per heavy atom. The molecule has 0 radical (unpaired) electrons. The van der Waals surface area contributed by atoms with Crippen molar-refractivity contribution in [3.05, 3.63) is 35.1 Å². The van der Waals surface area contributed by atoms with Gasteiger partial charge in [-0.2, -0.15) is 0 Å². The van der Waals surface area contributed by atoms with E-state index < -0.39 is 81.0 Å². The average Bonchev–Trinajstić information content (AvgIpc) is 3.18. The molecule has 2 aliphatic heterocycles. The van der Waals surface area contributed by atoms with E-state index in [2.05, 4.69) is 27.0 Å². The maximum atomic E-state index is 15.4. The number of aliphatic hydroxyl groups excluding tert-OH is 2. The van der Waals surface area contributed by atoms with Gasteiger partial charge in [0.05, 0.1) is 37.9 Å². The lowest BCUT2D eigenvalue weighted by Crippen LogP contribution is -2.49. The Bertz CT molecular complexity index is 1190. The number of hydrogen-bond acceptors (Lipinski definition) is 13. The number of esters is 1. The molecule has 1 saturated heterocycles. The third kappa shape index (κ3) is 9.73. The SMILES string of the molecule is C=C1NC(=O)C=CN1[C@@H]1O[C@](CN=[N+]=[N-])(COP(=O)(NC(C)C(=O)OC(C)C)OCCSC(=O)C(C)(C)CO)[C@@H](O)[C@H]1F. The van der Waals surface area contributed by atoms with Gasteiger partial charge >= 0.3 is 13.7 Å². The van der Waals surface area contributed by atoms with E-state index in [4.69, 9.17) is 24.1 Å². The number of nitrogens with zero attached hydrogens (tertiary/aromatic N) is 4. The summed E-state index contributed by atoms with van der Waals surface area (Å²) in [6.07, 6.45) is -3.94. The standard InChI is InChI=1S/C24H38FN6O10PS/c1-14(2)40-21(35)15(3)29-42(37,38-9-10-43-22(36)23(5,6)12-32)39-13-24(11-27-30-26)19(34)18(25)20(41-24)31-8-7-17(33)28-16(31)4/h7-8,14-15,18-20,32,34H,4,9-13H2,1-3,5-6H3,(H,28,33)(H,29,37)/t15?,18-,19+,20-,24-,42?/m1/s1. The zero-order valence-electron chi connectivity index (χ0n) is 24.5. The van der Waals surface area contributed by atoms with Gasteiger partial charge in [-0.25, -0.2) is 14.0 Å². The van der Waals surface area contributed by atoms with Crippen molar-refractivity contribution < 1.29 is 52.1 Å². The van der Waals surface area contributed by atoms with E-state index in [9.17, 15) is 29.2 Å². The number of halogens is 1. The number of hydrogen-bond donors (Lipinski definition) is 4. The minimum Gasteiger partial charge on any atom is -0.462 e. The van der Waals surface area contributed by atoms with E-state index in [-0.39, 0.29) is 23.3 Å². The van der Waals surface area contributed by atoms with Crippen LogP contribution >= 0.6 is 19.5 Å². The van der Waals surface area contributed by atoms with Gasteiger partial charge in [-0.3, -0.25) is 23.4 Å². The fourth-order valence-corrected chi connectivity index (χ4v) is 6.14. The van der Waals surface area contributed by atoms with Crippen LogP contribution in [0.25, 0.3) is 10.4 Å². The van der Waals surface area contributed by atoms with E-state index in [1.54, 1.807) is 27.7 Å². The van der Waals surface area contributed by atoms with Crippen molar-refractivity contribution in [2.75, 3.05) is 32.1 Å². The van der Waals surface area contributed by atoms with E-state index >= 15 is 4.39 Å². The molecule has 2 aliphatic rings. The molecule has 16 nitrogen and oxygen atoms in total. The molecule has 1 amide bonds. The first-order valence-electron chi connectivity index (χ1n) is 13.1. The summed E-state index contributed by atoms with van der Waals surface area (Å²) in [5.74, 6) is -1.39. The number of thioether (sulfide) groups is 1. The smallest absolute Gasteiger partial charge is 0.406 e. The molecule has 242 valence electrons. The second-order valence-corrected chi connectivity index (χ2v) is 13.5. The molecule has 0 aliphatic carbocycles. The quantitative estimate of drug-likeness (QED) is 0.0467. The lowest BCUT2D eigenvalue weighted by Gasteiger charge is -2.34. The number of alkyl halides is 1. The van der Waals surface area contributed by atoms with Crippen LogP contribution in [0.1, 0.15) is 34.6 Å². The highest BCUT2D eigenvalue weighted by Gasteiger charge is 2.58. The lowest BCUT2D eigenvalue weighted by atomic mass is 9.97. The molecule has 0 aromatic rings. The van der Waals surface area contributed by atoms with Gasteiger partial charge in [-0.05, 0) is 40.1 Å². The van der Waals surface area contributed by atoms with Crippen molar-refractivity contribution in [1.82, 2.24) is 15.3 Å². The Morgan fingerprint density at radius 3 is 2.67 bits per heavy atom. The predicted octanol–water partition coefficient (Wildman–Crippen LogP) is 1.86. The fraction of sp³-hybridized carbons (Fsp3) is 0.708. The topological polar surface area (TPSA) is 222 Å². The van der Waals surface area contributed by atoms with Gasteiger partial charge in [0.2, 0.25) is 0 Å². The van der Waals surface area contributed by atoms with Crippen molar-refractivity contribution in [3.8, 4) is 0 Å². The van der Waals surface area contributed by atoms with E-state index in [1.807, 2.05) is 0 Å². The predicted molar refractivity (Wildman–Crippen MR) is 152 cm³/mol. The number of nitrogens with one attached hydrogen (secondary N) is 2. The molecule has 0 bridgehead atoms. The highest BCUT2D eigenvalue weighted by Crippen LogP contribution is 2.47. The van der Waals surface area contributed by atoms with Crippen LogP contribution in [0.3, 0.4) is 0 Å². The van der Waals surface area contributed by atoms with Gasteiger partial charge < -0.3 is 29.9 Å². The third-order valence-corrected chi connectivity index (χ3v) is 9.05. The highest BCUT2D eigenvalue weighted by molar-refractivity contribution is 8.13. The van der Waals surface area contributed by atoms with Crippen LogP contribution in [-0.4, -0.2) is 100 Å². The molecule has 0 aromatic carbocycles. The van der Waals surface area contributed by atoms with Crippen LogP contribution in [0.15, 0.2) is 29.8 Å². The minimum absolute atomic E-state index is 0.0190. The Hall–Kier alpha value is -2.53. The number of amides is 1. The summed E-state index contributed by atoms with van der Waals surface area (Å²) in [6.45, 7) is 9.01. The number of aliphatic hydroxyl groups is 2. The molecule has 2 rings (SSSR count). The summed E-state index contributed by atoms with van der Waals surface area (Å²) in [6, 6.07) is -1.23. The molecule has 0 saturated carbocycles. The molecule has 0 aromatic heterocycles. The average molecular weight is 653 g/mol. The van der Waals surface area contributed by atoms with Crippen molar-refractivity contribution in [3.63, 3.8) is 0 Å². The van der Waals surface area contributed by atoms with Crippen LogP contribution in [0.5, 0.6) is 0 Å². The van der Waals surface area contributed by atoms with E-state index in [0.717, 1.165) is 22.7 Å². The Balaban J connectivity index is 2.29. The van der Waals surface area contributed by atoms with Gasteiger partial charge in [0.15, 0.2) is 17.5 Å². The van der Waals surface area contributed by atoms with Gasteiger partial charge in [0.25, 0.3) is 5.91 Å². The Morgan fingerprint density at radius 1 is 1.42 bits per heavy atom. The number of carbonyl (C=O) groups excluding carboxylic acids is 3. The van der Waals surface area contributed by atoms with Gasteiger partial charge in [0, 0.05) is 22.9 Å². The Kier molecular flexibility index (Phi) is 13.2. The maximum Gasteiger partial charge on any atom is 0.406 e. The molecule has 2 unspecified atom stereocenters. The fourth-order valence-electron chi connectivity index (χ4n) is 3.69. The molecule has 1 fully saturated rings. The van der Waals surface area contributed by atoms with E-state index in [0.29, 0.717) is 0 Å². The summed E-state index contributed by atoms with van der Waals surface area (Å²) in [5.41, 5.74) is 5.80. The molecular weight excluding hydrogens is 614 g/mol. The number of azide groups is 1. The number of rotatable bonds is 16. The zero-order valence-corrected chi connectivity index (χ0v) is 26.2. The van der Waals surface area contributed by atoms with Gasteiger partial charge in [-0.15, -0.1) is 0 Å². The van der Waals surface area contributed by atoms with Crippen LogP contribution < -0.4 is 10.4 Å². The highest BCUT2D eigenvalue weighted by atomic mass is 32.2. The molecule has 43 heavy (non-hydrogen) atoms. The molecular formula is C24H38FN6O10PS. The Labute approximate surface area is 252 Å². The van der Waals surface area contributed by atoms with Crippen LogP contribution in [0, 0.1) is 5.41 Å². The van der Waals surface area contributed by atoms with Crippen LogP contribution in [0.4, 0.5) is 4.39 Å². The van der Waals surface area contributed by atoms with Crippen molar-refractivity contribution >= 4 is 36.5 Å². The van der Waals surface area contributed by atoms with E-state index in [1.165, 1.54) is 13.1 Å². The lowest BCUT2D eigenvalue weighted by molar-refractivity contribution is -0.149. The van der Waals surface area contributed by atoms with Crippen molar-refractivity contribution in [2.24, 2.45) is 10.5 Å². The monoisotopic (exact) mass is 652 g/mol. The molecule has 4 N–H and O–H groups in total. The largest absolute Gasteiger partial charge is 0.462 e. The summed E-state index contributed by atoms with van der Waals surface area (Å²) >= 11 is 0.814. The summed E-state index contributed by atoms with van der Waals surface area (Å²) in [5, 5.41) is 28.1. The number of carbonyl (C=O) groups is 3. The summed E-state index contributed by atoms with van der Waals surface area (Å²) < 4.78 is 51.2. The van der Waals surface area contributed by atoms with Crippen molar-refractivity contribution in [1.29, 1.82) is 0 Å². The molecule has 6 atom stereocenters. The zero-order chi connectivity index (χ0) is 32.6. The first-order chi connectivity index (χ1) is 20.0. The van der Waals surface area contributed by atoms with Crippen LogP contribution in [0.2, 0.25) is 0 Å². The molecule has 19 heteroatoms. The first-order valence-corrected chi connectivity index (χ1v) is 15.7. The van der Waals surface area contributed by atoms with Crippen molar-refractivity contribution in [2.45, 2.75) is 70.9 Å².